The van der Waals surface area contributed by atoms with Gasteiger partial charge in [-0.25, -0.2) is 0 Å². The lowest BCUT2D eigenvalue weighted by atomic mass is 9.81. The summed E-state index contributed by atoms with van der Waals surface area (Å²) in [6, 6.07) is 16.9. The zero-order chi connectivity index (χ0) is 24.1. The molecular formula is C27H36ClN3O4. The number of aliphatic hydroxyl groups is 1. The second-order valence-corrected chi connectivity index (χ2v) is 9.40. The van der Waals surface area contributed by atoms with E-state index in [1.54, 1.807) is 11.8 Å². The predicted octanol–water partition coefficient (Wildman–Crippen LogP) is 3.74. The van der Waals surface area contributed by atoms with Crippen LogP contribution in [0.3, 0.4) is 0 Å². The van der Waals surface area contributed by atoms with Crippen LogP contribution in [0.15, 0.2) is 54.6 Å². The molecule has 2 atom stereocenters. The molecule has 35 heavy (non-hydrogen) atoms. The topological polar surface area (TPSA) is 82.1 Å². The molecule has 0 aromatic heterocycles. The fourth-order valence-corrected chi connectivity index (χ4v) is 4.93. The molecule has 2 saturated heterocycles. The normalized spacial score (nSPS) is 20.8. The van der Waals surface area contributed by atoms with E-state index in [0.29, 0.717) is 19.4 Å². The Morgan fingerprint density at radius 2 is 1.69 bits per heavy atom. The van der Waals surface area contributed by atoms with Gasteiger partial charge in [0.15, 0.2) is 0 Å². The summed E-state index contributed by atoms with van der Waals surface area (Å²) in [7, 11) is 0. The van der Waals surface area contributed by atoms with Crippen LogP contribution in [-0.2, 0) is 16.1 Å². The number of carbonyl (C=O) groups excluding carboxylic acids is 2. The quantitative estimate of drug-likeness (QED) is 0.575. The average Bonchev–Trinajstić information content (AvgIpc) is 2.84. The van der Waals surface area contributed by atoms with Gasteiger partial charge in [-0.2, -0.15) is 0 Å². The number of nitrogens with one attached hydrogen (secondary N) is 1. The second-order valence-electron chi connectivity index (χ2n) is 9.40. The number of amides is 2. The SMILES string of the molecule is CCCCN1C(=O)[C@H]([C@@H](C)O)NC(=O)C12CCN(Cc1ccc(Oc3ccccc3)cc1)CC2.Cl. The Hall–Kier alpha value is -2.61. The van der Waals surface area contributed by atoms with Crippen molar-refractivity contribution in [3.05, 3.63) is 60.2 Å². The molecule has 0 saturated carbocycles. The third-order valence-electron chi connectivity index (χ3n) is 6.97. The van der Waals surface area contributed by atoms with E-state index in [2.05, 4.69) is 29.3 Å². The van der Waals surface area contributed by atoms with Crippen molar-refractivity contribution in [2.24, 2.45) is 0 Å². The van der Waals surface area contributed by atoms with Crippen LogP contribution >= 0.6 is 12.4 Å². The molecule has 0 bridgehead atoms. The molecule has 2 aliphatic heterocycles. The molecule has 1 spiro atoms. The number of rotatable bonds is 8. The summed E-state index contributed by atoms with van der Waals surface area (Å²) < 4.78 is 5.88. The maximum atomic E-state index is 13.2. The lowest BCUT2D eigenvalue weighted by Crippen LogP contribution is -2.74. The van der Waals surface area contributed by atoms with Gasteiger partial charge in [0.2, 0.25) is 11.8 Å². The van der Waals surface area contributed by atoms with Crippen molar-refractivity contribution in [3.8, 4) is 11.5 Å². The summed E-state index contributed by atoms with van der Waals surface area (Å²) in [5, 5.41) is 12.8. The van der Waals surface area contributed by atoms with Crippen LogP contribution in [0, 0.1) is 0 Å². The monoisotopic (exact) mass is 501 g/mol. The van der Waals surface area contributed by atoms with Gasteiger partial charge in [-0.15, -0.1) is 12.4 Å². The van der Waals surface area contributed by atoms with Crippen molar-refractivity contribution in [1.82, 2.24) is 15.1 Å². The number of piperazine rings is 1. The third-order valence-corrected chi connectivity index (χ3v) is 6.97. The summed E-state index contributed by atoms with van der Waals surface area (Å²) in [5.74, 6) is 1.31. The summed E-state index contributed by atoms with van der Waals surface area (Å²) in [6.07, 6.45) is 2.06. The van der Waals surface area contributed by atoms with Crippen LogP contribution in [0.1, 0.15) is 45.1 Å². The molecule has 2 aromatic carbocycles. The molecule has 2 fully saturated rings. The number of likely N-dealkylation sites (tertiary alicyclic amines) is 1. The number of halogens is 1. The Labute approximate surface area is 213 Å². The molecule has 7 nitrogen and oxygen atoms in total. The van der Waals surface area contributed by atoms with E-state index in [0.717, 1.165) is 44.0 Å². The first-order valence-corrected chi connectivity index (χ1v) is 12.3. The van der Waals surface area contributed by atoms with E-state index in [4.69, 9.17) is 4.74 Å². The Bertz CT molecular complexity index is 976. The Balaban J connectivity index is 0.00000342. The van der Waals surface area contributed by atoms with Gasteiger partial charge >= 0.3 is 0 Å². The first kappa shape index (κ1) is 27.0. The minimum absolute atomic E-state index is 0. The zero-order valence-corrected chi connectivity index (χ0v) is 21.3. The first-order valence-electron chi connectivity index (χ1n) is 12.3. The second kappa shape index (κ2) is 11.9. The third kappa shape index (κ3) is 5.97. The van der Waals surface area contributed by atoms with Crippen LogP contribution < -0.4 is 10.1 Å². The smallest absolute Gasteiger partial charge is 0.248 e. The molecule has 0 radical (unpaired) electrons. The fourth-order valence-electron chi connectivity index (χ4n) is 4.93. The number of hydrogen-bond acceptors (Lipinski definition) is 5. The molecule has 2 N–H and O–H groups in total. The number of ether oxygens (including phenoxy) is 1. The number of aliphatic hydroxyl groups excluding tert-OH is 1. The molecule has 2 amide bonds. The summed E-state index contributed by atoms with van der Waals surface area (Å²) in [4.78, 5) is 30.5. The highest BCUT2D eigenvalue weighted by Crippen LogP contribution is 2.34. The molecular weight excluding hydrogens is 466 g/mol. The van der Waals surface area contributed by atoms with Crippen molar-refractivity contribution in [2.45, 2.75) is 63.8 Å². The van der Waals surface area contributed by atoms with E-state index < -0.39 is 17.7 Å². The molecule has 190 valence electrons. The number of nitrogens with zero attached hydrogens (tertiary/aromatic N) is 2. The first-order chi connectivity index (χ1) is 16.4. The summed E-state index contributed by atoms with van der Waals surface area (Å²) in [6.45, 7) is 6.41. The number of benzene rings is 2. The molecule has 2 aliphatic rings. The molecule has 0 aliphatic carbocycles. The standard InChI is InChI=1S/C27H35N3O4.ClH/c1-3-4-16-30-25(32)24(20(2)31)28-26(33)27(30)14-17-29(18-15-27)19-21-10-12-23(13-11-21)34-22-8-6-5-7-9-22;/h5-13,20,24,31H,3-4,14-19H2,1-2H3,(H,28,33);1H/t20-,24+;/m1./s1. The number of hydrogen-bond donors (Lipinski definition) is 2. The molecule has 8 heteroatoms. The lowest BCUT2D eigenvalue weighted by molar-refractivity contribution is -0.164. The Kier molecular flexibility index (Phi) is 9.16. The minimum Gasteiger partial charge on any atom is -0.457 e. The van der Waals surface area contributed by atoms with Crippen LogP contribution in [-0.4, -0.2) is 64.0 Å². The van der Waals surface area contributed by atoms with E-state index in [9.17, 15) is 14.7 Å². The zero-order valence-electron chi connectivity index (χ0n) is 20.5. The fraction of sp³-hybridized carbons (Fsp3) is 0.481. The van der Waals surface area contributed by atoms with Crippen LogP contribution in [0.25, 0.3) is 0 Å². The van der Waals surface area contributed by atoms with Crippen LogP contribution in [0.2, 0.25) is 0 Å². The van der Waals surface area contributed by atoms with Crippen molar-refractivity contribution in [1.29, 1.82) is 0 Å². The maximum Gasteiger partial charge on any atom is 0.248 e. The van der Waals surface area contributed by atoms with Crippen LogP contribution in [0.4, 0.5) is 0 Å². The van der Waals surface area contributed by atoms with Gasteiger partial charge < -0.3 is 20.1 Å². The average molecular weight is 502 g/mol. The van der Waals surface area contributed by atoms with Crippen LogP contribution in [0.5, 0.6) is 11.5 Å². The number of piperidine rings is 1. The summed E-state index contributed by atoms with van der Waals surface area (Å²) >= 11 is 0. The van der Waals surface area contributed by atoms with E-state index in [1.165, 1.54) is 5.56 Å². The highest BCUT2D eigenvalue weighted by atomic mass is 35.5. The molecule has 2 heterocycles. The molecule has 0 unspecified atom stereocenters. The van der Waals surface area contributed by atoms with Gasteiger partial charge in [0, 0.05) is 26.2 Å². The summed E-state index contributed by atoms with van der Waals surface area (Å²) in [5.41, 5.74) is 0.360. The number of carbonyl (C=O) groups is 2. The number of unbranched alkanes of at least 4 members (excludes halogenated alkanes) is 1. The van der Waals surface area contributed by atoms with Gasteiger partial charge in [0.25, 0.3) is 0 Å². The van der Waals surface area contributed by atoms with Gasteiger partial charge in [-0.05, 0) is 56.0 Å². The van der Waals surface area contributed by atoms with E-state index in [-0.39, 0.29) is 24.2 Å². The van der Waals surface area contributed by atoms with Crippen molar-refractivity contribution in [2.75, 3.05) is 19.6 Å². The van der Waals surface area contributed by atoms with Gasteiger partial charge in [0.1, 0.15) is 23.1 Å². The highest BCUT2D eigenvalue weighted by molar-refractivity contribution is 6.00. The highest BCUT2D eigenvalue weighted by Gasteiger charge is 2.54. The van der Waals surface area contributed by atoms with Gasteiger partial charge in [0.05, 0.1) is 6.10 Å². The predicted molar refractivity (Wildman–Crippen MR) is 138 cm³/mol. The van der Waals surface area contributed by atoms with Crippen molar-refractivity contribution >= 4 is 24.2 Å². The van der Waals surface area contributed by atoms with Gasteiger partial charge in [-0.1, -0.05) is 43.7 Å². The Morgan fingerprint density at radius 3 is 2.29 bits per heavy atom. The lowest BCUT2D eigenvalue weighted by Gasteiger charge is -2.52. The van der Waals surface area contributed by atoms with Crippen molar-refractivity contribution < 1.29 is 19.4 Å². The van der Waals surface area contributed by atoms with Gasteiger partial charge in [-0.3, -0.25) is 14.5 Å². The largest absolute Gasteiger partial charge is 0.457 e. The molecule has 2 aromatic rings. The van der Waals surface area contributed by atoms with E-state index in [1.807, 2.05) is 42.5 Å². The molecule has 4 rings (SSSR count). The Morgan fingerprint density at radius 1 is 1.06 bits per heavy atom. The van der Waals surface area contributed by atoms with Crippen molar-refractivity contribution in [3.63, 3.8) is 0 Å². The van der Waals surface area contributed by atoms with E-state index >= 15 is 0 Å². The minimum atomic E-state index is -0.910. The maximum absolute atomic E-state index is 13.2. The number of para-hydroxylation sites is 1.